The average Bonchev–Trinajstić information content (AvgIpc) is 3.96. The quantitative estimate of drug-likeness (QED) is 0.152. The van der Waals surface area contributed by atoms with E-state index in [4.69, 9.17) is 9.97 Å². The highest BCUT2D eigenvalue weighted by molar-refractivity contribution is 5.97. The van der Waals surface area contributed by atoms with Gasteiger partial charge in [0, 0.05) is 46.9 Å². The normalized spacial score (nSPS) is 18.8. The van der Waals surface area contributed by atoms with Crippen molar-refractivity contribution in [1.29, 1.82) is 0 Å². The second-order valence-electron chi connectivity index (χ2n) is 18.1. The Morgan fingerprint density at radius 1 is 0.500 bits per heavy atom. The van der Waals surface area contributed by atoms with E-state index >= 15 is 0 Å². The van der Waals surface area contributed by atoms with E-state index in [1.54, 1.807) is 0 Å². The summed E-state index contributed by atoms with van der Waals surface area (Å²) in [6, 6.07) is 62.6. The number of fused-ring (bicyclic) bond motifs is 9. The van der Waals surface area contributed by atoms with Crippen LogP contribution in [0.1, 0.15) is 69.2 Å². The zero-order valence-corrected chi connectivity index (χ0v) is 38.2. The van der Waals surface area contributed by atoms with Gasteiger partial charge in [0.2, 0.25) is 0 Å². The first-order valence-electron chi connectivity index (χ1n) is 23.9. The maximum Gasteiger partial charge on any atom is 0.179 e. The van der Waals surface area contributed by atoms with Gasteiger partial charge in [0.05, 0.1) is 16.7 Å². The highest BCUT2D eigenvalue weighted by Crippen LogP contribution is 2.62. The summed E-state index contributed by atoms with van der Waals surface area (Å²) in [6.07, 6.45) is 9.06. The number of aryl methyl sites for hydroxylation is 2. The molecule has 0 spiro atoms. The Labute approximate surface area is 388 Å². The van der Waals surface area contributed by atoms with Crippen molar-refractivity contribution in [2.75, 3.05) is 19.6 Å². The molecule has 4 aliphatic heterocycles. The lowest BCUT2D eigenvalue weighted by Crippen LogP contribution is -2.52. The highest BCUT2D eigenvalue weighted by Gasteiger charge is 2.55. The van der Waals surface area contributed by atoms with E-state index in [-0.39, 0.29) is 17.7 Å². The Morgan fingerprint density at radius 2 is 1.08 bits per heavy atom. The lowest BCUT2D eigenvalue weighted by atomic mass is 9.63. The fourth-order valence-electron chi connectivity index (χ4n) is 11.9. The zero-order valence-electron chi connectivity index (χ0n) is 38.2. The van der Waals surface area contributed by atoms with Gasteiger partial charge >= 0.3 is 0 Å². The summed E-state index contributed by atoms with van der Waals surface area (Å²) in [5, 5.41) is 0. The number of rotatable bonds is 8. The predicted octanol–water partition coefficient (Wildman–Crippen LogP) is 14.8. The van der Waals surface area contributed by atoms with Gasteiger partial charge in [-0.15, -0.1) is 0 Å². The molecule has 0 saturated heterocycles. The molecule has 7 aromatic carbocycles. The first-order valence-corrected chi connectivity index (χ1v) is 23.9. The minimum Gasteiger partial charge on any atom is -0.325 e. The van der Waals surface area contributed by atoms with Gasteiger partial charge in [-0.3, -0.25) is 9.80 Å². The van der Waals surface area contributed by atoms with E-state index in [0.717, 1.165) is 60.5 Å². The molecule has 4 aliphatic rings. The van der Waals surface area contributed by atoms with Gasteiger partial charge in [-0.25, -0.2) is 9.97 Å². The summed E-state index contributed by atoms with van der Waals surface area (Å²) in [4.78, 5) is 21.1. The molecule has 12 rings (SSSR count). The first kappa shape index (κ1) is 40.1. The van der Waals surface area contributed by atoms with Crippen LogP contribution in [0.25, 0.3) is 38.9 Å². The maximum absolute atomic E-state index is 5.53. The predicted molar refractivity (Wildman–Crippen MR) is 275 cm³/mol. The van der Waals surface area contributed by atoms with Gasteiger partial charge in [-0.1, -0.05) is 143 Å². The molecule has 1 aromatic heterocycles. The van der Waals surface area contributed by atoms with E-state index in [1.807, 2.05) is 0 Å². The topological polar surface area (TPSA) is 38.7 Å². The molecule has 6 heteroatoms. The highest BCUT2D eigenvalue weighted by atomic mass is 15.5. The third-order valence-electron chi connectivity index (χ3n) is 15.1. The fourth-order valence-corrected chi connectivity index (χ4v) is 11.9. The Morgan fingerprint density at radius 3 is 1.76 bits per heavy atom. The van der Waals surface area contributed by atoms with Crippen molar-refractivity contribution >= 4 is 51.0 Å². The van der Waals surface area contributed by atoms with Crippen LogP contribution in [0.4, 0.5) is 34.4 Å². The molecule has 0 fully saturated rings. The lowest BCUT2D eigenvalue weighted by molar-refractivity contribution is 0.422. The van der Waals surface area contributed by atoms with Gasteiger partial charge < -0.3 is 9.80 Å². The van der Waals surface area contributed by atoms with Crippen LogP contribution in [0.3, 0.4) is 0 Å². The monoisotopic (exact) mass is 858 g/mol. The second kappa shape index (κ2) is 15.9. The Balaban J connectivity index is 1.13. The zero-order chi connectivity index (χ0) is 44.5. The molecule has 0 radical (unpaired) electrons. The van der Waals surface area contributed by atoms with Crippen LogP contribution >= 0.6 is 0 Å². The molecule has 2 unspecified atom stereocenters. The summed E-state index contributed by atoms with van der Waals surface area (Å²) in [5.74, 6) is 1.78. The lowest BCUT2D eigenvalue weighted by Gasteiger charge is -2.52. The molecule has 0 saturated carbocycles. The molecular formula is C60H54N6. The number of para-hydroxylation sites is 4. The maximum atomic E-state index is 5.53. The van der Waals surface area contributed by atoms with E-state index in [2.05, 4.69) is 230 Å². The van der Waals surface area contributed by atoms with Gasteiger partial charge in [-0.05, 0) is 130 Å². The van der Waals surface area contributed by atoms with Crippen molar-refractivity contribution in [3.63, 3.8) is 0 Å². The molecule has 324 valence electrons. The van der Waals surface area contributed by atoms with Crippen molar-refractivity contribution in [1.82, 2.24) is 9.97 Å². The number of hydrogen-bond donors (Lipinski definition) is 0. The minimum atomic E-state index is -0.302. The Kier molecular flexibility index (Phi) is 9.67. The van der Waals surface area contributed by atoms with Crippen LogP contribution in [-0.2, 0) is 18.3 Å². The Hall–Kier alpha value is -7.44. The summed E-state index contributed by atoms with van der Waals surface area (Å²) in [7, 11) is 0. The molecular weight excluding hydrogens is 805 g/mol. The molecule has 66 heavy (non-hydrogen) atoms. The number of nitrogens with zero attached hydrogens (tertiary/aromatic N) is 6. The van der Waals surface area contributed by atoms with Gasteiger partial charge in [0.15, 0.2) is 11.6 Å². The second-order valence-corrected chi connectivity index (χ2v) is 18.1. The minimum absolute atomic E-state index is 0.0207. The molecule has 2 atom stereocenters. The molecule has 8 aromatic rings. The third kappa shape index (κ3) is 6.00. The molecule has 0 bridgehead atoms. The standard InChI is InChI=1S/C60H54N6/c1-5-40-20-12-14-24-46(40)42-30-33-44(34-31-42)63-36-37-64-53-35-32-43(47-25-15-13-21-41(47)6-2)38-48(53)49(39-55(63)64)56-59-65(45-22-10-9-11-23-45)57-58(62-52-28-18-17-27-51(52)61-57)66(59)54-29-19-16-26-50(54)60(56,7-3)8-4/h9-38,55,59H,5-8,39H2,1-4H3. The number of benzene rings is 7. The molecule has 0 amide bonds. The third-order valence-corrected chi connectivity index (χ3v) is 15.1. The van der Waals surface area contributed by atoms with Crippen LogP contribution in [0, 0.1) is 0 Å². The molecule has 6 nitrogen and oxygen atoms in total. The van der Waals surface area contributed by atoms with Crippen LogP contribution in [0.2, 0.25) is 0 Å². The van der Waals surface area contributed by atoms with Crippen LogP contribution in [0.15, 0.2) is 188 Å². The van der Waals surface area contributed by atoms with Gasteiger partial charge in [-0.2, -0.15) is 0 Å². The summed E-state index contributed by atoms with van der Waals surface area (Å²) in [6.45, 7) is 9.31. The molecule has 0 aliphatic carbocycles. The van der Waals surface area contributed by atoms with Crippen molar-refractivity contribution in [2.24, 2.45) is 0 Å². The SMILES string of the molecule is CCc1ccccc1-c1ccc(N2C=CN3c4ccc(-c5ccccc5CC)cc4C(=C4C5N(c6ccccc6)c6nc7ccccc7nc6N5c5ccccc5C4(CC)CC)CC23)cc1. The summed E-state index contributed by atoms with van der Waals surface area (Å²) >= 11 is 0. The van der Waals surface area contributed by atoms with Crippen molar-refractivity contribution in [3.8, 4) is 22.3 Å². The summed E-state index contributed by atoms with van der Waals surface area (Å²) < 4.78 is 0. The van der Waals surface area contributed by atoms with E-state index in [1.165, 1.54) is 72.7 Å². The fraction of sp³-hybridized carbons (Fsp3) is 0.200. The van der Waals surface area contributed by atoms with Crippen LogP contribution in [-0.4, -0.2) is 22.3 Å². The molecule has 0 N–H and O–H groups in total. The number of aromatic nitrogens is 2. The number of anilines is 6. The van der Waals surface area contributed by atoms with Gasteiger partial charge in [0.1, 0.15) is 12.3 Å². The van der Waals surface area contributed by atoms with Crippen molar-refractivity contribution in [3.05, 3.63) is 210 Å². The van der Waals surface area contributed by atoms with Crippen molar-refractivity contribution in [2.45, 2.75) is 77.5 Å². The average molecular weight is 859 g/mol. The van der Waals surface area contributed by atoms with Crippen molar-refractivity contribution < 1.29 is 0 Å². The molecule has 5 heterocycles. The first-order chi connectivity index (χ1) is 32.5. The Bertz CT molecular complexity index is 3220. The van der Waals surface area contributed by atoms with E-state index in [9.17, 15) is 0 Å². The van der Waals surface area contributed by atoms with Gasteiger partial charge in [0.25, 0.3) is 0 Å². The van der Waals surface area contributed by atoms with E-state index in [0.29, 0.717) is 0 Å². The summed E-state index contributed by atoms with van der Waals surface area (Å²) in [5.41, 5.74) is 19.5. The van der Waals surface area contributed by atoms with E-state index < -0.39 is 0 Å². The number of hydrogen-bond acceptors (Lipinski definition) is 6. The largest absolute Gasteiger partial charge is 0.325 e. The van der Waals surface area contributed by atoms with Crippen LogP contribution < -0.4 is 19.6 Å². The van der Waals surface area contributed by atoms with Crippen LogP contribution in [0.5, 0.6) is 0 Å². The smallest absolute Gasteiger partial charge is 0.179 e.